The van der Waals surface area contributed by atoms with E-state index in [2.05, 4.69) is 37.3 Å². The fraction of sp³-hybridized carbons (Fsp3) is 0.556. The molecule has 2 aromatic rings. The number of hydrogen-bond acceptors (Lipinski definition) is 6. The monoisotopic (exact) mass is 344 g/mol. The van der Waals surface area contributed by atoms with Crippen LogP contribution in [0.3, 0.4) is 0 Å². The quantitative estimate of drug-likeness (QED) is 0.851. The Bertz CT molecular complexity index is 636. The number of thiazole rings is 1. The van der Waals surface area contributed by atoms with E-state index in [-0.39, 0.29) is 5.41 Å². The van der Waals surface area contributed by atoms with Gasteiger partial charge < -0.3 is 4.74 Å². The highest BCUT2D eigenvalue weighted by Gasteiger charge is 2.41. The maximum absolute atomic E-state index is 5.98. The van der Waals surface area contributed by atoms with E-state index in [1.807, 2.05) is 18.5 Å². The number of ether oxygens (including phenoxy) is 1. The van der Waals surface area contributed by atoms with Crippen molar-refractivity contribution in [2.45, 2.75) is 19.5 Å². The van der Waals surface area contributed by atoms with Crippen LogP contribution < -0.4 is 0 Å². The number of aromatic nitrogens is 2. The van der Waals surface area contributed by atoms with Crippen molar-refractivity contribution in [3.05, 3.63) is 46.7 Å². The molecule has 2 aliphatic rings. The lowest BCUT2D eigenvalue weighted by Crippen LogP contribution is -2.40. The zero-order valence-electron chi connectivity index (χ0n) is 13.9. The van der Waals surface area contributed by atoms with Gasteiger partial charge in [0.1, 0.15) is 5.01 Å². The van der Waals surface area contributed by atoms with Crippen molar-refractivity contribution in [3.8, 4) is 0 Å². The van der Waals surface area contributed by atoms with Crippen LogP contribution in [0.25, 0.3) is 0 Å². The fourth-order valence-corrected chi connectivity index (χ4v) is 4.53. The van der Waals surface area contributed by atoms with Crippen molar-refractivity contribution in [2.24, 2.45) is 5.41 Å². The Kier molecular flexibility index (Phi) is 4.89. The summed E-state index contributed by atoms with van der Waals surface area (Å²) in [6.07, 6.45) is 4.98. The van der Waals surface area contributed by atoms with E-state index >= 15 is 0 Å². The Balaban J connectivity index is 1.40. The van der Waals surface area contributed by atoms with Gasteiger partial charge in [-0.1, -0.05) is 6.07 Å². The summed E-state index contributed by atoms with van der Waals surface area (Å²) in [5.41, 5.74) is 1.40. The van der Waals surface area contributed by atoms with E-state index in [1.165, 1.54) is 11.4 Å². The molecule has 2 aromatic heterocycles. The summed E-state index contributed by atoms with van der Waals surface area (Å²) in [7, 11) is 0. The minimum absolute atomic E-state index is 0.253. The first kappa shape index (κ1) is 16.1. The standard InChI is InChI=1S/C18H24N4OS/c1-2-5-19-16(3-1)11-22-8-9-23-15-18(14-22)4-7-21(13-18)12-17-20-6-10-24-17/h1-3,5-6,10H,4,7-9,11-15H2. The van der Waals surface area contributed by atoms with Gasteiger partial charge in [-0.25, -0.2) is 4.98 Å². The Morgan fingerprint density at radius 3 is 2.79 bits per heavy atom. The van der Waals surface area contributed by atoms with Crippen LogP contribution in [-0.4, -0.2) is 59.2 Å². The first-order chi connectivity index (χ1) is 11.8. The van der Waals surface area contributed by atoms with E-state index in [4.69, 9.17) is 4.74 Å². The summed E-state index contributed by atoms with van der Waals surface area (Å²) in [6, 6.07) is 6.16. The molecular weight excluding hydrogens is 320 g/mol. The van der Waals surface area contributed by atoms with Crippen LogP contribution in [-0.2, 0) is 17.8 Å². The van der Waals surface area contributed by atoms with E-state index < -0.39 is 0 Å². The molecule has 0 radical (unpaired) electrons. The minimum atomic E-state index is 0.253. The molecule has 5 nitrogen and oxygen atoms in total. The average Bonchev–Trinajstić information content (AvgIpc) is 3.19. The Morgan fingerprint density at radius 2 is 2.00 bits per heavy atom. The predicted octanol–water partition coefficient (Wildman–Crippen LogP) is 2.26. The highest BCUT2D eigenvalue weighted by Crippen LogP contribution is 2.34. The summed E-state index contributed by atoms with van der Waals surface area (Å²) in [5, 5.41) is 3.27. The van der Waals surface area contributed by atoms with Crippen molar-refractivity contribution in [3.63, 3.8) is 0 Å². The number of nitrogens with zero attached hydrogens (tertiary/aromatic N) is 4. The molecule has 4 heterocycles. The molecule has 1 unspecified atom stereocenters. The van der Waals surface area contributed by atoms with Crippen molar-refractivity contribution in [1.29, 1.82) is 0 Å². The maximum atomic E-state index is 5.98. The van der Waals surface area contributed by atoms with Gasteiger partial charge >= 0.3 is 0 Å². The maximum Gasteiger partial charge on any atom is 0.107 e. The predicted molar refractivity (Wildman–Crippen MR) is 94.8 cm³/mol. The molecule has 2 aliphatic heterocycles. The first-order valence-electron chi connectivity index (χ1n) is 8.62. The van der Waals surface area contributed by atoms with Gasteiger partial charge in [-0.2, -0.15) is 0 Å². The first-order valence-corrected chi connectivity index (χ1v) is 9.50. The molecule has 1 spiro atoms. The Hall–Kier alpha value is -1.34. The molecule has 0 N–H and O–H groups in total. The third-order valence-corrected chi connectivity index (χ3v) is 5.75. The van der Waals surface area contributed by atoms with E-state index in [0.29, 0.717) is 0 Å². The van der Waals surface area contributed by atoms with Crippen LogP contribution in [0.2, 0.25) is 0 Å². The van der Waals surface area contributed by atoms with Crippen LogP contribution in [0.1, 0.15) is 17.1 Å². The minimum Gasteiger partial charge on any atom is -0.379 e. The van der Waals surface area contributed by atoms with Gasteiger partial charge in [0.05, 0.1) is 25.5 Å². The molecule has 0 aliphatic carbocycles. The van der Waals surface area contributed by atoms with Gasteiger partial charge in [0.15, 0.2) is 0 Å². The molecule has 128 valence electrons. The van der Waals surface area contributed by atoms with Gasteiger partial charge in [-0.15, -0.1) is 11.3 Å². The Labute approximate surface area is 147 Å². The largest absolute Gasteiger partial charge is 0.379 e. The lowest BCUT2D eigenvalue weighted by atomic mass is 9.87. The van der Waals surface area contributed by atoms with Crippen molar-refractivity contribution in [1.82, 2.24) is 19.8 Å². The van der Waals surface area contributed by atoms with Crippen molar-refractivity contribution < 1.29 is 4.74 Å². The Morgan fingerprint density at radius 1 is 1.08 bits per heavy atom. The van der Waals surface area contributed by atoms with E-state index in [0.717, 1.165) is 58.2 Å². The molecule has 4 rings (SSSR count). The SMILES string of the molecule is c1ccc(CN2CCOCC3(CCN(Cc4nccs4)C3)C2)nc1. The number of likely N-dealkylation sites (tertiary alicyclic amines) is 1. The molecule has 24 heavy (non-hydrogen) atoms. The molecule has 0 aromatic carbocycles. The molecule has 6 heteroatoms. The third-order valence-electron chi connectivity index (χ3n) is 4.99. The summed E-state index contributed by atoms with van der Waals surface area (Å²) in [5.74, 6) is 0. The normalized spacial score (nSPS) is 26.0. The van der Waals surface area contributed by atoms with E-state index in [9.17, 15) is 0 Å². The van der Waals surface area contributed by atoms with E-state index in [1.54, 1.807) is 11.3 Å². The third kappa shape index (κ3) is 3.83. The summed E-state index contributed by atoms with van der Waals surface area (Å²) >= 11 is 1.75. The zero-order valence-corrected chi connectivity index (χ0v) is 14.7. The lowest BCUT2D eigenvalue weighted by Gasteiger charge is -2.31. The van der Waals surface area contributed by atoms with Gasteiger partial charge in [0.25, 0.3) is 0 Å². The van der Waals surface area contributed by atoms with Crippen LogP contribution >= 0.6 is 11.3 Å². The highest BCUT2D eigenvalue weighted by molar-refractivity contribution is 7.09. The lowest BCUT2D eigenvalue weighted by molar-refractivity contribution is 0.0706. The van der Waals surface area contributed by atoms with Crippen LogP contribution in [0.5, 0.6) is 0 Å². The van der Waals surface area contributed by atoms with Crippen LogP contribution in [0, 0.1) is 5.41 Å². The highest BCUT2D eigenvalue weighted by atomic mass is 32.1. The number of rotatable bonds is 4. The zero-order chi connectivity index (χ0) is 16.2. The molecule has 0 bridgehead atoms. The molecule has 0 amide bonds. The molecule has 0 saturated carbocycles. The second-order valence-electron chi connectivity index (χ2n) is 6.97. The van der Waals surface area contributed by atoms with Crippen molar-refractivity contribution in [2.75, 3.05) is 39.4 Å². The van der Waals surface area contributed by atoms with Crippen LogP contribution in [0.4, 0.5) is 0 Å². The fourth-order valence-electron chi connectivity index (χ4n) is 3.87. The number of hydrogen-bond donors (Lipinski definition) is 0. The van der Waals surface area contributed by atoms with Gasteiger partial charge in [-0.3, -0.25) is 14.8 Å². The second-order valence-corrected chi connectivity index (χ2v) is 7.95. The average molecular weight is 344 g/mol. The van der Waals surface area contributed by atoms with Crippen LogP contribution in [0.15, 0.2) is 36.0 Å². The summed E-state index contributed by atoms with van der Waals surface area (Å²) in [4.78, 5) is 14.0. The topological polar surface area (TPSA) is 41.5 Å². The molecule has 1 atom stereocenters. The second kappa shape index (κ2) is 7.27. The van der Waals surface area contributed by atoms with Gasteiger partial charge in [-0.05, 0) is 25.1 Å². The van der Waals surface area contributed by atoms with Crippen molar-refractivity contribution >= 4 is 11.3 Å². The van der Waals surface area contributed by atoms with Gasteiger partial charge in [0, 0.05) is 49.4 Å². The van der Waals surface area contributed by atoms with Gasteiger partial charge in [0.2, 0.25) is 0 Å². The summed E-state index contributed by atoms with van der Waals surface area (Å²) in [6.45, 7) is 7.91. The smallest absolute Gasteiger partial charge is 0.107 e. The molecule has 2 saturated heterocycles. The molecular formula is C18H24N4OS. The summed E-state index contributed by atoms with van der Waals surface area (Å²) < 4.78 is 5.98. The number of pyridine rings is 1. The molecule has 2 fully saturated rings.